The monoisotopic (exact) mass is 421 g/mol. The number of halogens is 2. The van der Waals surface area contributed by atoms with Crippen LogP contribution in [0.2, 0.25) is 5.02 Å². The van der Waals surface area contributed by atoms with Gasteiger partial charge in [-0.25, -0.2) is 0 Å². The van der Waals surface area contributed by atoms with Gasteiger partial charge >= 0.3 is 0 Å². The number of benzene rings is 1. The minimum atomic E-state index is 0. The van der Waals surface area contributed by atoms with Gasteiger partial charge in [-0.2, -0.15) is 0 Å². The van der Waals surface area contributed by atoms with E-state index in [1.54, 1.807) is 0 Å². The first kappa shape index (κ1) is 18.6. The summed E-state index contributed by atoms with van der Waals surface area (Å²) < 4.78 is 0. The fourth-order valence-corrected chi connectivity index (χ4v) is 2.44. The van der Waals surface area contributed by atoms with E-state index in [2.05, 4.69) is 48.5 Å². The van der Waals surface area contributed by atoms with Crippen LogP contribution in [0.1, 0.15) is 39.2 Å². The number of rotatable bonds is 3. The topological polar surface area (TPSA) is 36.4 Å². The van der Waals surface area contributed by atoms with Crippen molar-refractivity contribution in [2.24, 2.45) is 4.99 Å². The highest BCUT2D eigenvalue weighted by molar-refractivity contribution is 14.0. The molecule has 0 atom stereocenters. The van der Waals surface area contributed by atoms with E-state index < -0.39 is 0 Å². The standard InChI is InChI=1S/C16H24ClN3.HI/c1-15(2,3)20-14(18-4)19-11-16(9-10-16)12-5-7-13(17)8-6-12;/h5-8H,9-11H2,1-4H3,(H2,18,19,20);1H. The van der Waals surface area contributed by atoms with Gasteiger partial charge in [-0.1, -0.05) is 23.7 Å². The molecule has 0 bridgehead atoms. The van der Waals surface area contributed by atoms with Crippen LogP contribution in [0.4, 0.5) is 0 Å². The molecule has 0 unspecified atom stereocenters. The average Bonchev–Trinajstić information content (AvgIpc) is 3.15. The lowest BCUT2D eigenvalue weighted by atomic mass is 9.96. The molecule has 0 saturated heterocycles. The average molecular weight is 422 g/mol. The maximum Gasteiger partial charge on any atom is 0.191 e. The normalized spacial score (nSPS) is 16.9. The molecule has 118 valence electrons. The predicted molar refractivity (Wildman–Crippen MR) is 102 cm³/mol. The molecule has 5 heteroatoms. The van der Waals surface area contributed by atoms with E-state index in [1.165, 1.54) is 18.4 Å². The first-order valence-corrected chi connectivity index (χ1v) is 7.47. The minimum Gasteiger partial charge on any atom is -0.356 e. The van der Waals surface area contributed by atoms with E-state index in [-0.39, 0.29) is 34.9 Å². The SMILES string of the molecule is CN=C(NCC1(c2ccc(Cl)cc2)CC1)NC(C)(C)C.I. The first-order chi connectivity index (χ1) is 9.35. The van der Waals surface area contributed by atoms with Gasteiger partial charge in [-0.15, -0.1) is 24.0 Å². The molecule has 1 aliphatic rings. The number of aliphatic imine (C=N–C) groups is 1. The van der Waals surface area contributed by atoms with Crippen LogP contribution in [0, 0.1) is 0 Å². The lowest BCUT2D eigenvalue weighted by Crippen LogP contribution is -2.49. The Morgan fingerprint density at radius 1 is 1.24 bits per heavy atom. The van der Waals surface area contributed by atoms with E-state index in [1.807, 2.05) is 19.2 Å². The van der Waals surface area contributed by atoms with Crippen LogP contribution in [0.25, 0.3) is 0 Å². The third-order valence-electron chi connectivity index (χ3n) is 3.62. The summed E-state index contributed by atoms with van der Waals surface area (Å²) in [5.41, 5.74) is 1.62. The van der Waals surface area contributed by atoms with Crippen molar-refractivity contribution in [2.75, 3.05) is 13.6 Å². The van der Waals surface area contributed by atoms with Crippen molar-refractivity contribution >= 4 is 41.5 Å². The van der Waals surface area contributed by atoms with Gasteiger partial charge in [0.05, 0.1) is 0 Å². The van der Waals surface area contributed by atoms with Crippen molar-refractivity contribution < 1.29 is 0 Å². The van der Waals surface area contributed by atoms with E-state index in [0.29, 0.717) is 0 Å². The number of hydrogen-bond acceptors (Lipinski definition) is 1. The smallest absolute Gasteiger partial charge is 0.191 e. The van der Waals surface area contributed by atoms with Crippen LogP contribution < -0.4 is 10.6 Å². The van der Waals surface area contributed by atoms with E-state index >= 15 is 0 Å². The molecule has 0 amide bonds. The number of nitrogens with zero attached hydrogens (tertiary/aromatic N) is 1. The zero-order valence-electron chi connectivity index (χ0n) is 13.2. The Morgan fingerprint density at radius 3 is 2.24 bits per heavy atom. The van der Waals surface area contributed by atoms with Crippen molar-refractivity contribution in [1.29, 1.82) is 0 Å². The molecular weight excluding hydrogens is 397 g/mol. The highest BCUT2D eigenvalue weighted by Crippen LogP contribution is 2.47. The Labute approximate surface area is 150 Å². The third-order valence-corrected chi connectivity index (χ3v) is 3.87. The summed E-state index contributed by atoms with van der Waals surface area (Å²) in [6, 6.07) is 8.21. The van der Waals surface area contributed by atoms with Crippen molar-refractivity contribution in [3.63, 3.8) is 0 Å². The predicted octanol–water partition coefficient (Wildman–Crippen LogP) is 3.95. The van der Waals surface area contributed by atoms with Gasteiger partial charge in [0.15, 0.2) is 5.96 Å². The molecule has 0 aliphatic heterocycles. The van der Waals surface area contributed by atoms with Gasteiger partial charge < -0.3 is 10.6 Å². The fraction of sp³-hybridized carbons (Fsp3) is 0.562. The van der Waals surface area contributed by atoms with Crippen molar-refractivity contribution in [1.82, 2.24) is 10.6 Å². The first-order valence-electron chi connectivity index (χ1n) is 7.10. The highest BCUT2D eigenvalue weighted by Gasteiger charge is 2.44. The number of guanidine groups is 1. The van der Waals surface area contributed by atoms with E-state index in [9.17, 15) is 0 Å². The van der Waals surface area contributed by atoms with Crippen LogP contribution in [-0.2, 0) is 5.41 Å². The van der Waals surface area contributed by atoms with Crippen LogP contribution >= 0.6 is 35.6 Å². The summed E-state index contributed by atoms with van der Waals surface area (Å²) in [7, 11) is 1.81. The Bertz CT molecular complexity index is 487. The lowest BCUT2D eigenvalue weighted by Gasteiger charge is -2.25. The molecule has 2 N–H and O–H groups in total. The van der Waals surface area contributed by atoms with Crippen molar-refractivity contribution in [3.8, 4) is 0 Å². The maximum absolute atomic E-state index is 5.96. The lowest BCUT2D eigenvalue weighted by molar-refractivity contribution is 0.497. The second-order valence-electron chi connectivity index (χ2n) is 6.59. The van der Waals surface area contributed by atoms with Crippen LogP contribution in [0.5, 0.6) is 0 Å². The van der Waals surface area contributed by atoms with Gasteiger partial charge in [0.2, 0.25) is 0 Å². The summed E-state index contributed by atoms with van der Waals surface area (Å²) in [4.78, 5) is 4.29. The molecule has 0 aromatic heterocycles. The number of nitrogens with one attached hydrogen (secondary N) is 2. The Hall–Kier alpha value is -0.490. The van der Waals surface area contributed by atoms with Crippen molar-refractivity contribution in [3.05, 3.63) is 34.9 Å². The largest absolute Gasteiger partial charge is 0.356 e. The quantitative estimate of drug-likeness (QED) is 0.440. The summed E-state index contributed by atoms with van der Waals surface area (Å²) in [6.45, 7) is 7.30. The molecular formula is C16H25ClIN3. The zero-order chi connectivity index (χ0) is 14.8. The summed E-state index contributed by atoms with van der Waals surface area (Å²) in [5, 5.41) is 7.63. The molecule has 1 aromatic carbocycles. The second-order valence-corrected chi connectivity index (χ2v) is 7.02. The van der Waals surface area contributed by atoms with Crippen LogP contribution in [0.3, 0.4) is 0 Å². The summed E-state index contributed by atoms with van der Waals surface area (Å²) >= 11 is 5.96. The fourth-order valence-electron chi connectivity index (χ4n) is 2.31. The molecule has 21 heavy (non-hydrogen) atoms. The molecule has 1 saturated carbocycles. The third kappa shape index (κ3) is 5.33. The van der Waals surface area contributed by atoms with Gasteiger partial charge in [0.25, 0.3) is 0 Å². The Morgan fingerprint density at radius 2 is 1.81 bits per heavy atom. The molecule has 3 nitrogen and oxygen atoms in total. The molecule has 0 radical (unpaired) electrons. The highest BCUT2D eigenvalue weighted by atomic mass is 127. The summed E-state index contributed by atoms with van der Waals surface area (Å²) in [5.74, 6) is 0.859. The zero-order valence-corrected chi connectivity index (χ0v) is 16.3. The van der Waals surface area contributed by atoms with Crippen LogP contribution in [-0.4, -0.2) is 25.1 Å². The van der Waals surface area contributed by atoms with Gasteiger partial charge in [-0.05, 0) is 51.3 Å². The molecule has 0 heterocycles. The minimum absolute atomic E-state index is 0. The van der Waals surface area contributed by atoms with Crippen molar-refractivity contribution in [2.45, 2.75) is 44.6 Å². The van der Waals surface area contributed by atoms with Crippen LogP contribution in [0.15, 0.2) is 29.3 Å². The van der Waals surface area contributed by atoms with Gasteiger partial charge in [-0.3, -0.25) is 4.99 Å². The molecule has 1 aromatic rings. The summed E-state index contributed by atoms with van der Waals surface area (Å²) in [6.07, 6.45) is 2.43. The Kier molecular flexibility index (Phi) is 6.35. The number of hydrogen-bond donors (Lipinski definition) is 2. The van der Waals surface area contributed by atoms with Gasteiger partial charge in [0.1, 0.15) is 0 Å². The Balaban J connectivity index is 0.00000220. The maximum atomic E-state index is 5.96. The van der Waals surface area contributed by atoms with E-state index in [0.717, 1.165) is 17.5 Å². The molecule has 1 aliphatic carbocycles. The molecule has 1 fully saturated rings. The second kappa shape index (κ2) is 7.18. The van der Waals surface area contributed by atoms with Gasteiger partial charge in [0, 0.05) is 29.6 Å². The molecule has 2 rings (SSSR count). The molecule has 0 spiro atoms. The van der Waals surface area contributed by atoms with E-state index in [4.69, 9.17) is 11.6 Å².